The number of H-pyrrole nitrogens is 1. The molecule has 0 unspecified atom stereocenters. The van der Waals surface area contributed by atoms with Crippen molar-refractivity contribution in [3.8, 4) is 11.3 Å². The molecule has 0 radical (unpaired) electrons. The lowest BCUT2D eigenvalue weighted by Crippen LogP contribution is -2.32. The summed E-state index contributed by atoms with van der Waals surface area (Å²) in [5, 5.41) is 9.92. The number of imidazole rings is 1. The second-order valence-corrected chi connectivity index (χ2v) is 6.55. The third-order valence-electron chi connectivity index (χ3n) is 4.87. The Morgan fingerprint density at radius 3 is 3.04 bits per heavy atom. The number of carbonyl (C=O) groups excluding carboxylic acids is 1. The second-order valence-electron chi connectivity index (χ2n) is 6.55. The molecule has 1 aromatic carbocycles. The van der Waals surface area contributed by atoms with Gasteiger partial charge >= 0.3 is 0 Å². The number of aryl methyl sites for hydroxylation is 1. The second kappa shape index (κ2) is 6.53. The Bertz CT molecular complexity index is 972. The van der Waals surface area contributed by atoms with Gasteiger partial charge in [0.2, 0.25) is 0 Å². The molecular formula is C18H20FN5O2. The van der Waals surface area contributed by atoms with Crippen molar-refractivity contribution in [3.05, 3.63) is 35.7 Å². The number of rotatable bonds is 4. The molecule has 3 aromatic rings. The highest BCUT2D eigenvalue weighted by molar-refractivity contribution is 6.05. The summed E-state index contributed by atoms with van der Waals surface area (Å²) in [6, 6.07) is 3.18. The number of aromatic nitrogens is 4. The summed E-state index contributed by atoms with van der Waals surface area (Å²) in [7, 11) is 1.87. The summed E-state index contributed by atoms with van der Waals surface area (Å²) in [5.74, 6) is 0.0220. The van der Waals surface area contributed by atoms with Gasteiger partial charge in [-0.2, -0.15) is 5.10 Å². The average molecular weight is 357 g/mol. The van der Waals surface area contributed by atoms with Gasteiger partial charge in [-0.05, 0) is 31.9 Å². The molecule has 1 aliphatic rings. The van der Waals surface area contributed by atoms with Gasteiger partial charge in [0.15, 0.2) is 5.69 Å². The normalized spacial score (nSPS) is 17.1. The van der Waals surface area contributed by atoms with E-state index in [1.54, 1.807) is 12.3 Å². The van der Waals surface area contributed by atoms with Crippen LogP contribution in [0.5, 0.6) is 0 Å². The zero-order valence-corrected chi connectivity index (χ0v) is 14.7. The Balaban J connectivity index is 1.67. The molecular weight excluding hydrogens is 337 g/mol. The molecule has 0 bridgehead atoms. The molecule has 136 valence electrons. The van der Waals surface area contributed by atoms with E-state index in [1.807, 2.05) is 18.5 Å². The Morgan fingerprint density at radius 2 is 2.35 bits per heavy atom. The van der Waals surface area contributed by atoms with Crippen LogP contribution in [0.2, 0.25) is 0 Å². The van der Waals surface area contributed by atoms with Crippen molar-refractivity contribution in [3.63, 3.8) is 0 Å². The number of halogens is 1. The van der Waals surface area contributed by atoms with Gasteiger partial charge in [-0.3, -0.25) is 9.89 Å². The van der Waals surface area contributed by atoms with E-state index in [4.69, 9.17) is 4.74 Å². The number of benzene rings is 1. The van der Waals surface area contributed by atoms with Crippen LogP contribution in [0, 0.1) is 12.7 Å². The quantitative estimate of drug-likeness (QED) is 0.750. The number of nitrogens with one attached hydrogen (secondary N) is 2. The highest BCUT2D eigenvalue weighted by atomic mass is 19.1. The average Bonchev–Trinajstić information content (AvgIpc) is 3.34. The highest BCUT2D eigenvalue weighted by Crippen LogP contribution is 2.28. The minimum absolute atomic E-state index is 0.0360. The fourth-order valence-corrected chi connectivity index (χ4v) is 3.27. The van der Waals surface area contributed by atoms with Crippen LogP contribution in [0.25, 0.3) is 22.2 Å². The lowest BCUT2D eigenvalue weighted by Gasteiger charge is -2.10. The van der Waals surface area contributed by atoms with Crippen LogP contribution >= 0.6 is 0 Å². The lowest BCUT2D eigenvalue weighted by molar-refractivity contribution is 0.0855. The largest absolute Gasteiger partial charge is 0.376 e. The maximum absolute atomic E-state index is 14.5. The molecule has 1 fully saturated rings. The van der Waals surface area contributed by atoms with Crippen molar-refractivity contribution >= 4 is 16.8 Å². The standard InChI is InChI=1S/C18H20FN5O2/c1-10-20-9-15(24(10)2)11-6-13-16(14(19)7-11)22-23-17(13)18(25)21-8-12-4-3-5-26-12/h6-7,9,12H,3-5,8H2,1-2H3,(H,21,25)(H,22,23)/t12-/m1/s1. The van der Waals surface area contributed by atoms with Crippen molar-refractivity contribution in [2.24, 2.45) is 7.05 Å². The van der Waals surface area contributed by atoms with E-state index in [1.165, 1.54) is 6.07 Å². The molecule has 1 amide bonds. The number of carbonyl (C=O) groups is 1. The first kappa shape index (κ1) is 16.7. The van der Waals surface area contributed by atoms with Gasteiger partial charge in [-0.1, -0.05) is 0 Å². The van der Waals surface area contributed by atoms with Gasteiger partial charge in [0.25, 0.3) is 5.91 Å². The molecule has 4 rings (SSSR count). The van der Waals surface area contributed by atoms with Crippen molar-refractivity contribution in [1.82, 2.24) is 25.1 Å². The van der Waals surface area contributed by atoms with E-state index < -0.39 is 5.82 Å². The molecule has 1 aliphatic heterocycles. The summed E-state index contributed by atoms with van der Waals surface area (Å²) < 4.78 is 21.9. The van der Waals surface area contributed by atoms with Crippen LogP contribution in [0.3, 0.4) is 0 Å². The SMILES string of the molecule is Cc1ncc(-c2cc(F)c3[nH]nc(C(=O)NC[C@H]4CCCO4)c3c2)n1C. The summed E-state index contributed by atoms with van der Waals surface area (Å²) in [5.41, 5.74) is 1.82. The van der Waals surface area contributed by atoms with Crippen LogP contribution in [-0.2, 0) is 11.8 Å². The Morgan fingerprint density at radius 1 is 1.50 bits per heavy atom. The van der Waals surface area contributed by atoms with Gasteiger partial charge in [-0.15, -0.1) is 0 Å². The Kier molecular flexibility index (Phi) is 4.20. The number of ether oxygens (including phenoxy) is 1. The topological polar surface area (TPSA) is 84.8 Å². The molecule has 1 saturated heterocycles. The predicted molar refractivity (Wildman–Crippen MR) is 94.3 cm³/mol. The van der Waals surface area contributed by atoms with E-state index in [9.17, 15) is 9.18 Å². The summed E-state index contributed by atoms with van der Waals surface area (Å²) in [6.45, 7) is 3.03. The monoisotopic (exact) mass is 357 g/mol. The number of hydrogen-bond acceptors (Lipinski definition) is 4. The fourth-order valence-electron chi connectivity index (χ4n) is 3.27. The molecule has 0 spiro atoms. The molecule has 0 aliphatic carbocycles. The van der Waals surface area contributed by atoms with Gasteiger partial charge in [-0.25, -0.2) is 9.37 Å². The smallest absolute Gasteiger partial charge is 0.272 e. The third-order valence-corrected chi connectivity index (χ3v) is 4.87. The minimum Gasteiger partial charge on any atom is -0.376 e. The fraction of sp³-hybridized carbons (Fsp3) is 0.389. The first-order valence-electron chi connectivity index (χ1n) is 8.60. The van der Waals surface area contributed by atoms with Crippen LogP contribution in [0.1, 0.15) is 29.2 Å². The Hall–Kier alpha value is -2.74. The molecule has 3 heterocycles. The van der Waals surface area contributed by atoms with E-state index in [0.29, 0.717) is 17.5 Å². The predicted octanol–water partition coefficient (Wildman–Crippen LogP) is 2.32. The molecule has 0 saturated carbocycles. The van der Waals surface area contributed by atoms with E-state index in [0.717, 1.165) is 31.0 Å². The zero-order chi connectivity index (χ0) is 18.3. The van der Waals surface area contributed by atoms with Crippen LogP contribution in [0.4, 0.5) is 4.39 Å². The van der Waals surface area contributed by atoms with Crippen LogP contribution in [0.15, 0.2) is 18.3 Å². The van der Waals surface area contributed by atoms with Crippen LogP contribution in [-0.4, -0.2) is 44.9 Å². The van der Waals surface area contributed by atoms with E-state index in [-0.39, 0.29) is 23.2 Å². The molecule has 2 aromatic heterocycles. The van der Waals surface area contributed by atoms with Crippen molar-refractivity contribution in [2.45, 2.75) is 25.9 Å². The minimum atomic E-state index is -0.456. The Labute approximate surface area is 149 Å². The van der Waals surface area contributed by atoms with E-state index >= 15 is 0 Å². The van der Waals surface area contributed by atoms with Crippen molar-refractivity contribution in [1.29, 1.82) is 0 Å². The number of amides is 1. The highest BCUT2D eigenvalue weighted by Gasteiger charge is 2.21. The number of nitrogens with zero attached hydrogens (tertiary/aromatic N) is 3. The first-order chi connectivity index (χ1) is 12.5. The maximum atomic E-state index is 14.5. The molecule has 8 heteroatoms. The summed E-state index contributed by atoms with van der Waals surface area (Å²) in [4.78, 5) is 16.8. The van der Waals surface area contributed by atoms with Crippen LogP contribution < -0.4 is 5.32 Å². The summed E-state index contributed by atoms with van der Waals surface area (Å²) in [6.07, 6.45) is 3.66. The van der Waals surface area contributed by atoms with Crippen molar-refractivity contribution in [2.75, 3.05) is 13.2 Å². The summed E-state index contributed by atoms with van der Waals surface area (Å²) >= 11 is 0. The number of fused-ring (bicyclic) bond motifs is 1. The maximum Gasteiger partial charge on any atom is 0.272 e. The van der Waals surface area contributed by atoms with Gasteiger partial charge in [0, 0.05) is 31.1 Å². The molecule has 1 atom stereocenters. The lowest BCUT2D eigenvalue weighted by atomic mass is 10.1. The van der Waals surface area contributed by atoms with Crippen molar-refractivity contribution < 1.29 is 13.9 Å². The van der Waals surface area contributed by atoms with Gasteiger partial charge in [0.05, 0.1) is 18.0 Å². The van der Waals surface area contributed by atoms with Gasteiger partial charge in [0.1, 0.15) is 17.2 Å². The molecule has 2 N–H and O–H groups in total. The number of aromatic amines is 1. The molecule has 26 heavy (non-hydrogen) atoms. The third kappa shape index (κ3) is 2.86. The zero-order valence-electron chi connectivity index (χ0n) is 14.7. The first-order valence-corrected chi connectivity index (χ1v) is 8.60. The van der Waals surface area contributed by atoms with E-state index in [2.05, 4.69) is 20.5 Å². The number of hydrogen-bond donors (Lipinski definition) is 2. The molecule has 7 nitrogen and oxygen atoms in total. The van der Waals surface area contributed by atoms with Gasteiger partial charge < -0.3 is 14.6 Å².